The summed E-state index contributed by atoms with van der Waals surface area (Å²) in [6, 6.07) is 2.51. The molecule has 0 aromatic heterocycles. The van der Waals surface area contributed by atoms with Crippen LogP contribution in [0.15, 0.2) is 12.1 Å². The van der Waals surface area contributed by atoms with E-state index in [1.54, 1.807) is 0 Å². The van der Waals surface area contributed by atoms with Gasteiger partial charge in [-0.05, 0) is 25.0 Å². The lowest BCUT2D eigenvalue weighted by molar-refractivity contribution is 0.159. The molecule has 1 aromatic carbocycles. The number of hydroxylamine groups is 1. The van der Waals surface area contributed by atoms with Crippen molar-refractivity contribution in [3.8, 4) is 5.75 Å². The normalized spacial score (nSPS) is 15.4. The Kier molecular flexibility index (Phi) is 3.09. The van der Waals surface area contributed by atoms with Crippen molar-refractivity contribution in [2.24, 2.45) is 0 Å². The van der Waals surface area contributed by atoms with Gasteiger partial charge in [-0.2, -0.15) is 0 Å². The molecule has 1 aliphatic rings. The second-order valence-corrected chi connectivity index (χ2v) is 3.94. The van der Waals surface area contributed by atoms with Crippen LogP contribution in [-0.4, -0.2) is 11.3 Å². The summed E-state index contributed by atoms with van der Waals surface area (Å²) < 4.78 is 18.6. The molecule has 1 fully saturated rings. The zero-order valence-corrected chi connectivity index (χ0v) is 8.72. The Morgan fingerprint density at radius 2 is 2.27 bits per heavy atom. The Hall–Kier alpha value is -0.840. The minimum absolute atomic E-state index is 0.111. The summed E-state index contributed by atoms with van der Waals surface area (Å²) in [4.78, 5) is 0. The summed E-state index contributed by atoms with van der Waals surface area (Å²) in [5.74, 6) is 0.0236. The summed E-state index contributed by atoms with van der Waals surface area (Å²) in [7, 11) is 0. The van der Waals surface area contributed by atoms with Crippen LogP contribution >= 0.6 is 11.6 Å². The zero-order chi connectivity index (χ0) is 10.8. The second-order valence-electron chi connectivity index (χ2n) is 3.53. The van der Waals surface area contributed by atoms with Gasteiger partial charge in [0.25, 0.3) is 0 Å². The van der Waals surface area contributed by atoms with Gasteiger partial charge in [-0.25, -0.2) is 9.87 Å². The second kappa shape index (κ2) is 4.35. The van der Waals surface area contributed by atoms with Crippen molar-refractivity contribution in [2.75, 3.05) is 0 Å². The Labute approximate surface area is 91.8 Å². The number of ether oxygens (including phenoxy) is 1. The quantitative estimate of drug-likeness (QED) is 0.783. The molecule has 0 saturated heterocycles. The first-order chi connectivity index (χ1) is 7.20. The van der Waals surface area contributed by atoms with E-state index in [1.165, 1.54) is 12.1 Å². The molecular weight excluding hydrogens is 221 g/mol. The maximum atomic E-state index is 13.0. The fourth-order valence-electron chi connectivity index (χ4n) is 1.31. The number of rotatable bonds is 4. The largest absolute Gasteiger partial charge is 0.489 e. The molecule has 0 bridgehead atoms. The van der Waals surface area contributed by atoms with E-state index in [1.807, 2.05) is 5.48 Å². The van der Waals surface area contributed by atoms with Crippen molar-refractivity contribution in [2.45, 2.75) is 25.5 Å². The molecule has 3 nitrogen and oxygen atoms in total. The third-order valence-corrected chi connectivity index (χ3v) is 2.44. The highest BCUT2D eigenvalue weighted by Crippen LogP contribution is 2.35. The van der Waals surface area contributed by atoms with Gasteiger partial charge in [0.2, 0.25) is 0 Å². The Morgan fingerprint density at radius 1 is 1.53 bits per heavy atom. The average molecular weight is 232 g/mol. The highest BCUT2D eigenvalue weighted by molar-refractivity contribution is 6.32. The smallest absolute Gasteiger partial charge is 0.143 e. The van der Waals surface area contributed by atoms with Gasteiger partial charge in [-0.15, -0.1) is 0 Å². The molecule has 5 heteroatoms. The van der Waals surface area contributed by atoms with Crippen molar-refractivity contribution < 1.29 is 14.3 Å². The first-order valence-electron chi connectivity index (χ1n) is 4.72. The Balaban J connectivity index is 2.29. The fraction of sp³-hybridized carbons (Fsp3) is 0.400. The molecule has 0 heterocycles. The molecule has 15 heavy (non-hydrogen) atoms. The van der Waals surface area contributed by atoms with Crippen molar-refractivity contribution in [1.29, 1.82) is 0 Å². The minimum Gasteiger partial charge on any atom is -0.489 e. The monoisotopic (exact) mass is 231 g/mol. The van der Waals surface area contributed by atoms with Gasteiger partial charge in [0.05, 0.1) is 11.1 Å². The molecule has 0 radical (unpaired) electrons. The average Bonchev–Trinajstić information content (AvgIpc) is 2.95. The van der Waals surface area contributed by atoms with Gasteiger partial charge in [-0.1, -0.05) is 11.6 Å². The summed E-state index contributed by atoms with van der Waals surface area (Å²) in [6.07, 6.45) is 2.18. The van der Waals surface area contributed by atoms with Gasteiger partial charge in [0.1, 0.15) is 11.6 Å². The van der Waals surface area contributed by atoms with Gasteiger partial charge >= 0.3 is 0 Å². The van der Waals surface area contributed by atoms with Crippen LogP contribution in [0.5, 0.6) is 5.75 Å². The number of halogens is 2. The maximum absolute atomic E-state index is 13.0. The number of nitrogens with one attached hydrogen (secondary N) is 1. The number of hydrogen-bond donors (Lipinski definition) is 2. The molecule has 0 atom stereocenters. The lowest BCUT2D eigenvalue weighted by Crippen LogP contribution is -2.09. The topological polar surface area (TPSA) is 41.5 Å². The lowest BCUT2D eigenvalue weighted by atomic mass is 10.2. The highest BCUT2D eigenvalue weighted by Gasteiger charge is 2.26. The molecule has 0 spiro atoms. The van der Waals surface area contributed by atoms with Gasteiger partial charge in [0, 0.05) is 12.1 Å². The Morgan fingerprint density at radius 3 is 2.87 bits per heavy atom. The molecule has 82 valence electrons. The maximum Gasteiger partial charge on any atom is 0.143 e. The predicted octanol–water partition coefficient (Wildman–Crippen LogP) is 2.50. The van der Waals surface area contributed by atoms with E-state index in [9.17, 15) is 4.39 Å². The van der Waals surface area contributed by atoms with Gasteiger partial charge < -0.3 is 9.94 Å². The summed E-state index contributed by atoms with van der Waals surface area (Å²) in [5.41, 5.74) is 2.49. The molecule has 1 saturated carbocycles. The minimum atomic E-state index is -0.437. The lowest BCUT2D eigenvalue weighted by Gasteiger charge is -2.12. The van der Waals surface area contributed by atoms with Crippen LogP contribution in [0.25, 0.3) is 0 Å². The third kappa shape index (κ3) is 2.59. The SMILES string of the molecule is ONCc1cc(F)cc(Cl)c1OC1CC1. The summed E-state index contributed by atoms with van der Waals surface area (Å²) in [6.45, 7) is 0.111. The standard InChI is InChI=1S/C10H11ClFNO2/c11-9-4-7(12)3-6(5-13-14)10(9)15-8-1-2-8/h3-4,8,13-14H,1-2,5H2. The Bertz CT molecular complexity index is 369. The van der Waals surface area contributed by atoms with E-state index in [4.69, 9.17) is 21.5 Å². The predicted molar refractivity (Wildman–Crippen MR) is 53.7 cm³/mol. The third-order valence-electron chi connectivity index (χ3n) is 2.16. The van der Waals surface area contributed by atoms with E-state index in [2.05, 4.69) is 0 Å². The van der Waals surface area contributed by atoms with Crippen molar-refractivity contribution >= 4 is 11.6 Å². The van der Waals surface area contributed by atoms with Crippen LogP contribution in [-0.2, 0) is 6.54 Å². The van der Waals surface area contributed by atoms with E-state index in [0.717, 1.165) is 12.8 Å². The van der Waals surface area contributed by atoms with Gasteiger partial charge in [-0.3, -0.25) is 0 Å². The molecule has 2 rings (SSSR count). The van der Waals surface area contributed by atoms with Crippen LogP contribution in [0.2, 0.25) is 5.02 Å². The summed E-state index contributed by atoms with van der Waals surface area (Å²) >= 11 is 5.87. The van der Waals surface area contributed by atoms with Crippen molar-refractivity contribution in [3.63, 3.8) is 0 Å². The highest BCUT2D eigenvalue weighted by atomic mass is 35.5. The molecule has 2 N–H and O–H groups in total. The van der Waals surface area contributed by atoms with Gasteiger partial charge in [0.15, 0.2) is 0 Å². The van der Waals surface area contributed by atoms with E-state index >= 15 is 0 Å². The zero-order valence-electron chi connectivity index (χ0n) is 7.96. The van der Waals surface area contributed by atoms with Crippen LogP contribution < -0.4 is 10.2 Å². The van der Waals surface area contributed by atoms with Crippen molar-refractivity contribution in [1.82, 2.24) is 5.48 Å². The van der Waals surface area contributed by atoms with E-state index in [0.29, 0.717) is 11.3 Å². The van der Waals surface area contributed by atoms with E-state index in [-0.39, 0.29) is 17.7 Å². The molecule has 0 amide bonds. The number of hydrogen-bond acceptors (Lipinski definition) is 3. The summed E-state index contributed by atoms with van der Waals surface area (Å²) in [5, 5.41) is 8.85. The van der Waals surface area contributed by atoms with E-state index < -0.39 is 5.82 Å². The molecule has 0 unspecified atom stereocenters. The first-order valence-corrected chi connectivity index (χ1v) is 5.10. The van der Waals surface area contributed by atoms with Crippen LogP contribution in [0.1, 0.15) is 18.4 Å². The number of benzene rings is 1. The molecule has 1 aliphatic carbocycles. The van der Waals surface area contributed by atoms with Crippen LogP contribution in [0.3, 0.4) is 0 Å². The van der Waals surface area contributed by atoms with Crippen molar-refractivity contribution in [3.05, 3.63) is 28.5 Å². The molecule has 0 aliphatic heterocycles. The fourth-order valence-corrected chi connectivity index (χ4v) is 1.58. The molecule has 1 aromatic rings. The molecular formula is C10H11ClFNO2. The first kappa shape index (κ1) is 10.7. The van der Waals surface area contributed by atoms with Crippen LogP contribution in [0, 0.1) is 5.82 Å². The van der Waals surface area contributed by atoms with Crippen LogP contribution in [0.4, 0.5) is 4.39 Å².